The van der Waals surface area contributed by atoms with Gasteiger partial charge in [-0.05, 0) is 17.4 Å². The van der Waals surface area contributed by atoms with E-state index in [1.54, 1.807) is 0 Å². The first-order valence-electron chi connectivity index (χ1n) is 8.52. The number of hydrogen-bond donors (Lipinski definition) is 1. The van der Waals surface area contributed by atoms with Gasteiger partial charge in [0.1, 0.15) is 0 Å². The molecule has 1 aromatic carbocycles. The van der Waals surface area contributed by atoms with Crippen molar-refractivity contribution in [1.29, 1.82) is 0 Å². The number of hydrogen-bond acceptors (Lipinski definition) is 3. The van der Waals surface area contributed by atoms with Crippen LogP contribution in [0.5, 0.6) is 0 Å². The first-order valence-corrected chi connectivity index (χ1v) is 8.52. The van der Waals surface area contributed by atoms with Gasteiger partial charge in [-0.15, -0.1) is 0 Å². The van der Waals surface area contributed by atoms with Crippen LogP contribution in [0.4, 0.5) is 0 Å². The van der Waals surface area contributed by atoms with Crippen molar-refractivity contribution in [2.45, 2.75) is 13.0 Å². The molecule has 5 nitrogen and oxygen atoms in total. The van der Waals surface area contributed by atoms with E-state index >= 15 is 0 Å². The summed E-state index contributed by atoms with van der Waals surface area (Å²) in [6.45, 7) is 4.95. The number of fused-ring (bicyclic) bond motifs is 1. The van der Waals surface area contributed by atoms with Crippen LogP contribution >= 0.6 is 0 Å². The Labute approximate surface area is 136 Å². The summed E-state index contributed by atoms with van der Waals surface area (Å²) in [6.07, 6.45) is 0.371. The van der Waals surface area contributed by atoms with E-state index in [0.717, 1.165) is 31.7 Å². The van der Waals surface area contributed by atoms with Gasteiger partial charge < -0.3 is 15.1 Å². The molecular weight excluding hydrogens is 290 g/mol. The molecule has 3 aliphatic rings. The quantitative estimate of drug-likeness (QED) is 0.894. The Kier molecular flexibility index (Phi) is 3.81. The van der Waals surface area contributed by atoms with Crippen molar-refractivity contribution >= 4 is 11.8 Å². The average Bonchev–Trinajstić information content (AvgIpc) is 3.23. The van der Waals surface area contributed by atoms with Crippen LogP contribution in [0.1, 0.15) is 12.0 Å². The number of nitrogens with one attached hydrogen (secondary N) is 1. The van der Waals surface area contributed by atoms with Crippen LogP contribution in [0.15, 0.2) is 30.3 Å². The molecule has 1 aromatic rings. The largest absolute Gasteiger partial charge is 0.342 e. The van der Waals surface area contributed by atoms with Gasteiger partial charge in [0, 0.05) is 45.7 Å². The highest BCUT2D eigenvalue weighted by Crippen LogP contribution is 2.29. The minimum Gasteiger partial charge on any atom is -0.342 e. The maximum Gasteiger partial charge on any atom is 0.228 e. The zero-order valence-electron chi connectivity index (χ0n) is 13.3. The summed E-state index contributed by atoms with van der Waals surface area (Å²) in [4.78, 5) is 28.8. The van der Waals surface area contributed by atoms with E-state index in [1.807, 2.05) is 40.1 Å². The summed E-state index contributed by atoms with van der Waals surface area (Å²) >= 11 is 0. The third-order valence-corrected chi connectivity index (χ3v) is 5.48. The predicted molar refractivity (Wildman–Crippen MR) is 86.4 cm³/mol. The van der Waals surface area contributed by atoms with Crippen LogP contribution in [0.3, 0.4) is 0 Å². The SMILES string of the molecule is O=C1CC(C(=O)N2C[C@H]3CNC[C@H]3C2)CN1Cc1ccccc1. The molecule has 0 spiro atoms. The normalized spacial score (nSPS) is 30.1. The van der Waals surface area contributed by atoms with Crippen LogP contribution in [-0.2, 0) is 16.1 Å². The van der Waals surface area contributed by atoms with Gasteiger partial charge in [0.05, 0.1) is 5.92 Å². The summed E-state index contributed by atoms with van der Waals surface area (Å²) in [7, 11) is 0. The number of carbonyl (C=O) groups excluding carboxylic acids is 2. The third kappa shape index (κ3) is 2.85. The fraction of sp³-hybridized carbons (Fsp3) is 0.556. The van der Waals surface area contributed by atoms with Gasteiger partial charge in [0.25, 0.3) is 0 Å². The highest BCUT2D eigenvalue weighted by atomic mass is 16.2. The second-order valence-corrected chi connectivity index (χ2v) is 7.08. The van der Waals surface area contributed by atoms with Crippen molar-refractivity contribution in [2.75, 3.05) is 32.7 Å². The molecule has 4 rings (SSSR count). The number of benzene rings is 1. The molecule has 0 saturated carbocycles. The Bertz CT molecular complexity index is 592. The number of likely N-dealkylation sites (tertiary alicyclic amines) is 2. The number of amides is 2. The first-order chi connectivity index (χ1) is 11.2. The minimum atomic E-state index is -0.155. The number of nitrogens with zero attached hydrogens (tertiary/aromatic N) is 2. The van der Waals surface area contributed by atoms with Gasteiger partial charge in [-0.3, -0.25) is 9.59 Å². The predicted octanol–water partition coefficient (Wildman–Crippen LogP) is 0.713. The Morgan fingerprint density at radius 1 is 1.09 bits per heavy atom. The van der Waals surface area contributed by atoms with Gasteiger partial charge >= 0.3 is 0 Å². The number of carbonyl (C=O) groups is 2. The summed E-state index contributed by atoms with van der Waals surface area (Å²) in [5, 5.41) is 3.39. The van der Waals surface area contributed by atoms with Crippen molar-refractivity contribution in [3.8, 4) is 0 Å². The lowest BCUT2D eigenvalue weighted by atomic mass is 10.0. The highest BCUT2D eigenvalue weighted by Gasteiger charge is 2.42. The molecular formula is C18H23N3O2. The Morgan fingerprint density at radius 2 is 1.78 bits per heavy atom. The molecule has 3 atom stereocenters. The lowest BCUT2D eigenvalue weighted by Crippen LogP contribution is -2.37. The molecule has 0 radical (unpaired) electrons. The molecule has 3 fully saturated rings. The highest BCUT2D eigenvalue weighted by molar-refractivity contribution is 5.89. The molecule has 3 aliphatic heterocycles. The molecule has 23 heavy (non-hydrogen) atoms. The maximum absolute atomic E-state index is 12.7. The van der Waals surface area contributed by atoms with Crippen molar-refractivity contribution in [3.05, 3.63) is 35.9 Å². The molecule has 3 saturated heterocycles. The Hall–Kier alpha value is -1.88. The van der Waals surface area contributed by atoms with Gasteiger partial charge in [-0.2, -0.15) is 0 Å². The van der Waals surface area contributed by atoms with E-state index in [1.165, 1.54) is 0 Å². The van der Waals surface area contributed by atoms with Crippen LogP contribution < -0.4 is 5.32 Å². The fourth-order valence-electron chi connectivity index (χ4n) is 4.19. The summed E-state index contributed by atoms with van der Waals surface area (Å²) in [5.74, 6) is 1.35. The van der Waals surface area contributed by atoms with E-state index < -0.39 is 0 Å². The minimum absolute atomic E-state index is 0.105. The van der Waals surface area contributed by atoms with Crippen molar-refractivity contribution < 1.29 is 9.59 Å². The summed E-state index contributed by atoms with van der Waals surface area (Å²) in [6, 6.07) is 9.99. The average molecular weight is 313 g/mol. The first kappa shape index (κ1) is 14.7. The van der Waals surface area contributed by atoms with Crippen molar-refractivity contribution in [2.24, 2.45) is 17.8 Å². The second-order valence-electron chi connectivity index (χ2n) is 7.08. The molecule has 2 amide bonds. The Morgan fingerprint density at radius 3 is 2.48 bits per heavy atom. The monoisotopic (exact) mass is 313 g/mol. The standard InChI is InChI=1S/C18H23N3O2/c22-17-6-14(10-20(17)9-13-4-2-1-3-5-13)18(23)21-11-15-7-19-8-16(15)12-21/h1-5,14-16,19H,6-12H2/t14?,15-,16+. The Balaban J connectivity index is 1.37. The second kappa shape index (κ2) is 5.96. The molecule has 0 bridgehead atoms. The summed E-state index contributed by atoms with van der Waals surface area (Å²) in [5.41, 5.74) is 1.12. The van der Waals surface area contributed by atoms with Gasteiger partial charge in [0.2, 0.25) is 11.8 Å². The van der Waals surface area contributed by atoms with Crippen LogP contribution in [0.25, 0.3) is 0 Å². The van der Waals surface area contributed by atoms with E-state index in [0.29, 0.717) is 31.3 Å². The van der Waals surface area contributed by atoms with Gasteiger partial charge in [-0.25, -0.2) is 0 Å². The van der Waals surface area contributed by atoms with Crippen LogP contribution in [0.2, 0.25) is 0 Å². The number of rotatable bonds is 3. The molecule has 0 aromatic heterocycles. The van der Waals surface area contributed by atoms with Crippen LogP contribution in [0, 0.1) is 17.8 Å². The molecule has 1 unspecified atom stereocenters. The summed E-state index contributed by atoms with van der Waals surface area (Å²) < 4.78 is 0. The lowest BCUT2D eigenvalue weighted by Gasteiger charge is -2.22. The smallest absolute Gasteiger partial charge is 0.228 e. The fourth-order valence-corrected chi connectivity index (χ4v) is 4.19. The van der Waals surface area contributed by atoms with E-state index in [9.17, 15) is 9.59 Å². The van der Waals surface area contributed by atoms with Gasteiger partial charge in [0.15, 0.2) is 0 Å². The maximum atomic E-state index is 12.7. The topological polar surface area (TPSA) is 52.7 Å². The molecule has 122 valence electrons. The van der Waals surface area contributed by atoms with Crippen molar-refractivity contribution in [1.82, 2.24) is 15.1 Å². The zero-order chi connectivity index (χ0) is 15.8. The molecule has 0 aliphatic carbocycles. The van der Waals surface area contributed by atoms with E-state index in [4.69, 9.17) is 0 Å². The third-order valence-electron chi connectivity index (χ3n) is 5.48. The van der Waals surface area contributed by atoms with Gasteiger partial charge in [-0.1, -0.05) is 30.3 Å². The molecule has 1 N–H and O–H groups in total. The lowest BCUT2D eigenvalue weighted by molar-refractivity contribution is -0.135. The van der Waals surface area contributed by atoms with E-state index in [-0.39, 0.29) is 17.7 Å². The van der Waals surface area contributed by atoms with E-state index in [2.05, 4.69) is 5.32 Å². The van der Waals surface area contributed by atoms with Crippen LogP contribution in [-0.4, -0.2) is 54.3 Å². The molecule has 3 heterocycles. The zero-order valence-corrected chi connectivity index (χ0v) is 13.3. The molecule has 5 heteroatoms. The van der Waals surface area contributed by atoms with Crippen molar-refractivity contribution in [3.63, 3.8) is 0 Å².